The number of halogens is 3. The van der Waals surface area contributed by atoms with Crippen LogP contribution in [-0.4, -0.2) is 5.33 Å². The molecule has 16 heavy (non-hydrogen) atoms. The van der Waals surface area contributed by atoms with E-state index in [1.807, 2.05) is 6.07 Å². The maximum absolute atomic E-state index is 13.3. The Labute approximate surface area is 109 Å². The maximum Gasteiger partial charge on any atom is 0.142 e. The lowest BCUT2D eigenvalue weighted by Crippen LogP contribution is -2.24. The number of alkyl halides is 1. The standard InChI is InChI=1S/C13H15BrClF/c1-13(8-14,10-5-6-10)7-9-3-2-4-11(16)12(9)15/h2-4,10H,5-8H2,1H3. The quantitative estimate of drug-likeness (QED) is 0.699. The van der Waals surface area contributed by atoms with E-state index in [9.17, 15) is 4.39 Å². The summed E-state index contributed by atoms with van der Waals surface area (Å²) >= 11 is 9.57. The van der Waals surface area contributed by atoms with Gasteiger partial charge in [-0.15, -0.1) is 0 Å². The van der Waals surface area contributed by atoms with Gasteiger partial charge in [-0.25, -0.2) is 4.39 Å². The zero-order valence-corrected chi connectivity index (χ0v) is 11.6. The molecule has 1 aliphatic carbocycles. The molecule has 0 N–H and O–H groups in total. The molecular formula is C13H15BrClF. The average molecular weight is 306 g/mol. The predicted molar refractivity (Wildman–Crippen MR) is 69.7 cm³/mol. The Kier molecular flexibility index (Phi) is 3.60. The van der Waals surface area contributed by atoms with Gasteiger partial charge in [-0.05, 0) is 42.2 Å². The van der Waals surface area contributed by atoms with E-state index in [-0.39, 0.29) is 16.3 Å². The van der Waals surface area contributed by atoms with Crippen molar-refractivity contribution in [3.63, 3.8) is 0 Å². The summed E-state index contributed by atoms with van der Waals surface area (Å²) in [6, 6.07) is 5.07. The first kappa shape index (κ1) is 12.4. The third-order valence-electron chi connectivity index (χ3n) is 3.49. The van der Waals surface area contributed by atoms with Gasteiger partial charge in [0.25, 0.3) is 0 Å². The number of benzene rings is 1. The second-order valence-corrected chi connectivity index (χ2v) is 5.89. The summed E-state index contributed by atoms with van der Waals surface area (Å²) in [5, 5.41) is 1.23. The molecule has 3 heteroatoms. The van der Waals surface area contributed by atoms with Gasteiger partial charge < -0.3 is 0 Å². The monoisotopic (exact) mass is 304 g/mol. The van der Waals surface area contributed by atoms with Gasteiger partial charge in [-0.3, -0.25) is 0 Å². The molecule has 0 amide bonds. The topological polar surface area (TPSA) is 0 Å². The van der Waals surface area contributed by atoms with E-state index in [2.05, 4.69) is 22.9 Å². The number of hydrogen-bond donors (Lipinski definition) is 0. The van der Waals surface area contributed by atoms with E-state index >= 15 is 0 Å². The van der Waals surface area contributed by atoms with Crippen molar-refractivity contribution in [3.8, 4) is 0 Å². The minimum Gasteiger partial charge on any atom is -0.205 e. The van der Waals surface area contributed by atoms with Crippen molar-refractivity contribution in [2.24, 2.45) is 11.3 Å². The molecule has 0 spiro atoms. The zero-order valence-electron chi connectivity index (χ0n) is 9.27. The van der Waals surface area contributed by atoms with Gasteiger partial charge >= 0.3 is 0 Å². The first-order chi connectivity index (χ1) is 7.57. The fourth-order valence-electron chi connectivity index (χ4n) is 2.20. The molecule has 1 aromatic rings. The van der Waals surface area contributed by atoms with E-state index < -0.39 is 0 Å². The molecule has 1 unspecified atom stereocenters. The Morgan fingerprint density at radius 2 is 2.19 bits per heavy atom. The molecule has 0 bridgehead atoms. The first-order valence-electron chi connectivity index (χ1n) is 5.56. The summed E-state index contributed by atoms with van der Waals surface area (Å²) in [6.45, 7) is 2.25. The Bertz CT molecular complexity index is 390. The van der Waals surface area contributed by atoms with Gasteiger partial charge in [-0.2, -0.15) is 0 Å². The van der Waals surface area contributed by atoms with E-state index in [4.69, 9.17) is 11.6 Å². The van der Waals surface area contributed by atoms with Crippen LogP contribution in [0.5, 0.6) is 0 Å². The van der Waals surface area contributed by atoms with Crippen molar-refractivity contribution in [1.82, 2.24) is 0 Å². The van der Waals surface area contributed by atoms with Crippen LogP contribution in [0.25, 0.3) is 0 Å². The summed E-state index contributed by atoms with van der Waals surface area (Å²) in [4.78, 5) is 0. The fraction of sp³-hybridized carbons (Fsp3) is 0.538. The third kappa shape index (κ3) is 2.43. The van der Waals surface area contributed by atoms with Crippen molar-refractivity contribution < 1.29 is 4.39 Å². The van der Waals surface area contributed by atoms with Crippen LogP contribution in [0.2, 0.25) is 5.02 Å². The Hall–Kier alpha value is -0.0800. The Morgan fingerprint density at radius 1 is 1.50 bits per heavy atom. The van der Waals surface area contributed by atoms with E-state index in [1.165, 1.54) is 18.9 Å². The lowest BCUT2D eigenvalue weighted by atomic mass is 9.81. The van der Waals surface area contributed by atoms with Crippen LogP contribution in [-0.2, 0) is 6.42 Å². The summed E-state index contributed by atoms with van der Waals surface area (Å²) < 4.78 is 13.3. The maximum atomic E-state index is 13.3. The minimum atomic E-state index is -0.313. The third-order valence-corrected chi connectivity index (χ3v) is 5.20. The van der Waals surface area contributed by atoms with Crippen LogP contribution in [0.1, 0.15) is 25.3 Å². The molecule has 0 nitrogen and oxygen atoms in total. The van der Waals surface area contributed by atoms with Crippen molar-refractivity contribution >= 4 is 27.5 Å². The summed E-state index contributed by atoms with van der Waals surface area (Å²) in [7, 11) is 0. The summed E-state index contributed by atoms with van der Waals surface area (Å²) in [5.41, 5.74) is 1.13. The Morgan fingerprint density at radius 3 is 2.75 bits per heavy atom. The average Bonchev–Trinajstić information content (AvgIpc) is 3.08. The number of hydrogen-bond acceptors (Lipinski definition) is 0. The minimum absolute atomic E-state index is 0.206. The summed E-state index contributed by atoms with van der Waals surface area (Å²) in [6.07, 6.45) is 3.42. The molecule has 0 aliphatic heterocycles. The second kappa shape index (κ2) is 4.66. The van der Waals surface area contributed by atoms with Gasteiger partial charge in [0.05, 0.1) is 5.02 Å². The smallest absolute Gasteiger partial charge is 0.142 e. The summed E-state index contributed by atoms with van der Waals surface area (Å²) in [5.74, 6) is 0.443. The van der Waals surface area contributed by atoms with Crippen LogP contribution in [0, 0.1) is 17.2 Å². The highest BCUT2D eigenvalue weighted by atomic mass is 79.9. The SMILES string of the molecule is CC(CBr)(Cc1cccc(F)c1Cl)C1CC1. The van der Waals surface area contributed by atoms with Crippen LogP contribution in [0.4, 0.5) is 4.39 Å². The largest absolute Gasteiger partial charge is 0.205 e. The molecule has 2 rings (SSSR count). The van der Waals surface area contributed by atoms with Crippen molar-refractivity contribution in [2.75, 3.05) is 5.33 Å². The van der Waals surface area contributed by atoms with Crippen LogP contribution in [0.15, 0.2) is 18.2 Å². The molecule has 1 aliphatic rings. The molecule has 1 saturated carbocycles. The first-order valence-corrected chi connectivity index (χ1v) is 7.05. The predicted octanol–water partition coefficient (Wildman–Crippen LogP) is 4.83. The van der Waals surface area contributed by atoms with Gasteiger partial charge in [-0.1, -0.05) is 46.6 Å². The molecule has 0 saturated heterocycles. The lowest BCUT2D eigenvalue weighted by molar-refractivity contribution is 0.318. The molecule has 88 valence electrons. The highest BCUT2D eigenvalue weighted by Gasteiger charge is 2.40. The molecule has 1 fully saturated rings. The van der Waals surface area contributed by atoms with Crippen LogP contribution < -0.4 is 0 Å². The van der Waals surface area contributed by atoms with E-state index in [1.54, 1.807) is 6.07 Å². The van der Waals surface area contributed by atoms with E-state index in [0.29, 0.717) is 0 Å². The van der Waals surface area contributed by atoms with Gasteiger partial charge in [0, 0.05) is 5.33 Å². The van der Waals surface area contributed by atoms with E-state index in [0.717, 1.165) is 23.2 Å². The lowest BCUT2D eigenvalue weighted by Gasteiger charge is -2.28. The van der Waals surface area contributed by atoms with Crippen LogP contribution in [0.3, 0.4) is 0 Å². The van der Waals surface area contributed by atoms with Crippen molar-refractivity contribution in [3.05, 3.63) is 34.6 Å². The fourth-order valence-corrected chi connectivity index (χ4v) is 3.05. The highest BCUT2D eigenvalue weighted by molar-refractivity contribution is 9.09. The molecular weight excluding hydrogens is 290 g/mol. The second-order valence-electron chi connectivity index (χ2n) is 4.95. The van der Waals surface area contributed by atoms with Gasteiger partial charge in [0.1, 0.15) is 5.82 Å². The highest BCUT2D eigenvalue weighted by Crippen LogP contribution is 2.48. The Balaban J connectivity index is 2.22. The zero-order chi connectivity index (χ0) is 11.8. The molecule has 1 aromatic carbocycles. The molecule has 0 heterocycles. The molecule has 0 radical (unpaired) electrons. The van der Waals surface area contributed by atoms with Crippen LogP contribution >= 0.6 is 27.5 Å². The number of rotatable bonds is 4. The van der Waals surface area contributed by atoms with Crippen molar-refractivity contribution in [1.29, 1.82) is 0 Å². The van der Waals surface area contributed by atoms with Gasteiger partial charge in [0.15, 0.2) is 0 Å². The van der Waals surface area contributed by atoms with Crippen molar-refractivity contribution in [2.45, 2.75) is 26.2 Å². The normalized spacial score (nSPS) is 19.5. The van der Waals surface area contributed by atoms with Gasteiger partial charge in [0.2, 0.25) is 0 Å². The molecule has 1 atom stereocenters. The molecule has 0 aromatic heterocycles.